The van der Waals surface area contributed by atoms with Crippen molar-refractivity contribution in [3.8, 4) is 11.8 Å². The first-order chi connectivity index (χ1) is 41.5. The van der Waals surface area contributed by atoms with Gasteiger partial charge in [0.15, 0.2) is 5.78 Å². The van der Waals surface area contributed by atoms with Crippen LogP contribution in [0.3, 0.4) is 0 Å². The topological polar surface area (TPSA) is 144 Å². The van der Waals surface area contributed by atoms with Gasteiger partial charge in [-0.05, 0) is 151 Å². The number of aliphatic hydroxyl groups is 1. The third-order valence-electron chi connectivity index (χ3n) is 18.5. The maximum Gasteiger partial charge on any atom is 0.254 e. The number of ketones is 1. The number of benzene rings is 5. The Morgan fingerprint density at radius 1 is 0.802 bits per heavy atom. The fraction of sp³-hybridized carbons (Fsp3) is 0.452. The summed E-state index contributed by atoms with van der Waals surface area (Å²) in [5.74, 6) is 6.44. The summed E-state index contributed by atoms with van der Waals surface area (Å²) in [6.07, 6.45) is 8.15. The molecule has 2 aliphatic carbocycles. The van der Waals surface area contributed by atoms with Crippen molar-refractivity contribution in [1.82, 2.24) is 14.8 Å². The first-order valence-electron chi connectivity index (χ1n) is 31.5. The molecule has 3 amide bonds. The molecule has 0 radical (unpaired) electrons. The van der Waals surface area contributed by atoms with Crippen LogP contribution in [0, 0.1) is 17.3 Å². The van der Waals surface area contributed by atoms with Gasteiger partial charge in [0, 0.05) is 117 Å². The molecular formula is C73H85N6O7+. The highest BCUT2D eigenvalue weighted by Crippen LogP contribution is 2.47. The molecule has 13 heteroatoms. The van der Waals surface area contributed by atoms with Crippen molar-refractivity contribution in [2.45, 2.75) is 137 Å². The van der Waals surface area contributed by atoms with E-state index < -0.39 is 0 Å². The Balaban J connectivity index is 0.680. The van der Waals surface area contributed by atoms with Gasteiger partial charge in [0.05, 0.1) is 49.9 Å². The van der Waals surface area contributed by atoms with Crippen LogP contribution in [0.5, 0.6) is 0 Å². The van der Waals surface area contributed by atoms with E-state index in [1.807, 2.05) is 81.6 Å². The van der Waals surface area contributed by atoms with Crippen LogP contribution in [0.1, 0.15) is 171 Å². The minimum atomic E-state index is -0.382. The van der Waals surface area contributed by atoms with Gasteiger partial charge in [-0.2, -0.15) is 0 Å². The molecule has 0 aromatic heterocycles. The normalized spacial score (nSPS) is 18.1. The average molecular weight is 1160 g/mol. The number of nitrogens with one attached hydrogen (secondary N) is 1. The van der Waals surface area contributed by atoms with Gasteiger partial charge in [-0.25, -0.2) is 4.58 Å². The van der Waals surface area contributed by atoms with E-state index in [0.717, 1.165) is 86.1 Å². The number of aliphatic imine (C=N–C) groups is 1. The van der Waals surface area contributed by atoms with E-state index in [0.29, 0.717) is 56.3 Å². The molecule has 2 N–H and O–H groups in total. The zero-order valence-electron chi connectivity index (χ0n) is 51.6. The minimum absolute atomic E-state index is 0.0156. The molecule has 5 aromatic carbocycles. The molecule has 4 heterocycles. The molecule has 4 aliphatic heterocycles. The van der Waals surface area contributed by atoms with Gasteiger partial charge >= 0.3 is 0 Å². The predicted molar refractivity (Wildman–Crippen MR) is 341 cm³/mol. The van der Waals surface area contributed by atoms with Gasteiger partial charge in [-0.15, -0.1) is 0 Å². The number of anilines is 2. The molecule has 1 unspecified atom stereocenters. The molecule has 86 heavy (non-hydrogen) atoms. The van der Waals surface area contributed by atoms with E-state index in [1.54, 1.807) is 9.80 Å². The second-order valence-electron chi connectivity index (χ2n) is 25.8. The lowest BCUT2D eigenvalue weighted by Gasteiger charge is -2.47. The number of carbonyl (C=O) groups is 4. The molecule has 0 fully saturated rings. The SMILES string of the molecule is CCN1c2cc3c(cc2C(C)CC1(C)C)C(c1ccccc1C(=O)N(C)CCCC(=O)NCCOCCOCCC(=NCCC(=O)N1Cc2ccccc2C#Cc2ccccc21)C1=C(O)CC(C)(C)CC1=O)=c1cc2c4c(c1C3)CCC[N+]=4CCC2. The molecule has 11 rings (SSSR count). The van der Waals surface area contributed by atoms with Crippen LogP contribution in [0.15, 0.2) is 107 Å². The molecule has 0 bridgehead atoms. The number of allylic oxidation sites excluding steroid dienone is 2. The Morgan fingerprint density at radius 2 is 1.53 bits per heavy atom. The third-order valence-corrected chi connectivity index (χ3v) is 18.5. The van der Waals surface area contributed by atoms with E-state index >= 15 is 0 Å². The van der Waals surface area contributed by atoms with E-state index in [2.05, 4.69) is 84.7 Å². The summed E-state index contributed by atoms with van der Waals surface area (Å²) in [5, 5.41) is 16.9. The molecule has 5 aromatic rings. The van der Waals surface area contributed by atoms with Crippen molar-refractivity contribution < 1.29 is 33.8 Å². The van der Waals surface area contributed by atoms with Gasteiger partial charge in [-0.1, -0.05) is 81.1 Å². The van der Waals surface area contributed by atoms with Crippen molar-refractivity contribution in [3.63, 3.8) is 0 Å². The fourth-order valence-corrected chi connectivity index (χ4v) is 14.6. The second kappa shape index (κ2) is 25.7. The smallest absolute Gasteiger partial charge is 0.254 e. The molecule has 0 saturated carbocycles. The number of aliphatic hydroxyl groups excluding tert-OH is 1. The quantitative estimate of drug-likeness (QED) is 0.0333. The van der Waals surface area contributed by atoms with Crippen LogP contribution in [0.25, 0.3) is 5.57 Å². The lowest BCUT2D eigenvalue weighted by atomic mass is 9.74. The Bertz CT molecular complexity index is 3760. The second-order valence-corrected chi connectivity index (χ2v) is 25.8. The predicted octanol–water partition coefficient (Wildman–Crippen LogP) is 9.70. The largest absolute Gasteiger partial charge is 0.511 e. The molecule has 0 saturated heterocycles. The Labute approximate surface area is 507 Å². The van der Waals surface area contributed by atoms with Crippen molar-refractivity contribution in [3.05, 3.63) is 174 Å². The van der Waals surface area contributed by atoms with E-state index in [1.165, 1.54) is 55.2 Å². The number of nitrogens with zero attached hydrogens (tertiary/aromatic N) is 5. The maximum absolute atomic E-state index is 14.8. The molecule has 6 aliphatic rings. The van der Waals surface area contributed by atoms with Crippen molar-refractivity contribution in [2.75, 3.05) is 82.5 Å². The summed E-state index contributed by atoms with van der Waals surface area (Å²) in [6.45, 7) is 18.8. The fourth-order valence-electron chi connectivity index (χ4n) is 14.6. The Hall–Kier alpha value is -7.66. The average Bonchev–Trinajstić information content (AvgIpc) is 0.762. The Morgan fingerprint density at radius 3 is 2.34 bits per heavy atom. The molecule has 0 spiro atoms. The number of para-hydroxylation sites is 1. The number of amides is 3. The number of rotatable bonds is 20. The summed E-state index contributed by atoms with van der Waals surface area (Å²) in [4.78, 5) is 66.3. The van der Waals surface area contributed by atoms with Gasteiger partial charge in [0.25, 0.3) is 5.91 Å². The number of hydrogen-bond acceptors (Lipinski definition) is 9. The number of hydrogen-bond donors (Lipinski definition) is 2. The van der Waals surface area contributed by atoms with Crippen LogP contribution in [0.4, 0.5) is 11.4 Å². The number of carbonyl (C=O) groups excluding carboxylic acids is 4. The first-order valence-corrected chi connectivity index (χ1v) is 31.5. The molecule has 1 atom stereocenters. The highest BCUT2D eigenvalue weighted by molar-refractivity contribution is 6.23. The summed E-state index contributed by atoms with van der Waals surface area (Å²) < 4.78 is 14.4. The number of fused-ring (bicyclic) bond motifs is 6. The first kappa shape index (κ1) is 60.0. The zero-order chi connectivity index (χ0) is 60.3. The number of Topliss-reactive ketones (excluding diaryl/α,β-unsaturated/α-hetero) is 1. The molecule has 13 nitrogen and oxygen atoms in total. The summed E-state index contributed by atoms with van der Waals surface area (Å²) in [5.41, 5.74) is 16.2. The summed E-state index contributed by atoms with van der Waals surface area (Å²) in [7, 11) is 1.84. The van der Waals surface area contributed by atoms with Crippen LogP contribution in [-0.4, -0.2) is 118 Å². The lowest BCUT2D eigenvalue weighted by molar-refractivity contribution is -0.121. The van der Waals surface area contributed by atoms with Crippen LogP contribution >= 0.6 is 0 Å². The van der Waals surface area contributed by atoms with E-state index in [-0.39, 0.29) is 97.8 Å². The third kappa shape index (κ3) is 12.6. The minimum Gasteiger partial charge on any atom is -0.511 e. The molecular weight excluding hydrogens is 1070 g/mol. The van der Waals surface area contributed by atoms with Crippen LogP contribution in [-0.2, 0) is 49.7 Å². The van der Waals surface area contributed by atoms with Gasteiger partial charge in [-0.3, -0.25) is 24.2 Å². The van der Waals surface area contributed by atoms with E-state index in [4.69, 9.17) is 14.5 Å². The number of ether oxygens (including phenoxy) is 2. The summed E-state index contributed by atoms with van der Waals surface area (Å²) in [6, 6.07) is 31.1. The highest BCUT2D eigenvalue weighted by atomic mass is 16.5. The lowest BCUT2D eigenvalue weighted by Crippen LogP contribution is -2.48. The monoisotopic (exact) mass is 1160 g/mol. The van der Waals surface area contributed by atoms with Gasteiger partial charge < -0.3 is 34.6 Å². The van der Waals surface area contributed by atoms with Gasteiger partial charge in [0.2, 0.25) is 17.2 Å². The zero-order valence-corrected chi connectivity index (χ0v) is 51.6. The number of aryl methyl sites for hydroxylation is 1. The van der Waals surface area contributed by atoms with Crippen LogP contribution in [0.2, 0.25) is 0 Å². The summed E-state index contributed by atoms with van der Waals surface area (Å²) >= 11 is 0. The van der Waals surface area contributed by atoms with Crippen molar-refractivity contribution in [2.24, 2.45) is 10.4 Å². The van der Waals surface area contributed by atoms with Crippen LogP contribution < -0.4 is 30.3 Å². The van der Waals surface area contributed by atoms with Crippen molar-refractivity contribution in [1.29, 1.82) is 0 Å². The van der Waals surface area contributed by atoms with E-state index in [9.17, 15) is 24.3 Å². The Kier molecular flexibility index (Phi) is 18.0. The van der Waals surface area contributed by atoms with Crippen molar-refractivity contribution >= 4 is 46.2 Å². The maximum atomic E-state index is 14.8. The highest BCUT2D eigenvalue weighted by Gasteiger charge is 2.39. The molecule has 448 valence electrons. The standard InChI is InChI=1S/C73H84N6O7/c1-8-79-63-42-53-41-59-55-24-16-35-77-34-15-21-51(70(55)77)40-60(59)68(58(53)43-57(63)48(2)44-73(79,5)6)54-22-12-13-23-56(54)71(84)76(7)33-17-26-66(82)75-32-37-86-39-38-85-36-30-61(69-64(80)45-72(3,4)46-65(69)81)74-31-29-67(83)78-47-52-20-10-9-18-49(52)27-28-50-19-11-14-25-62(50)78/h9-14,18-20,22-23,25,40,42-43,48H,8,15-17,21,24,26,29-39,41,44-47H2,1-7H3,(H-,74,75,80,81,82)/p+1. The van der Waals surface area contributed by atoms with Gasteiger partial charge in [0.1, 0.15) is 18.8 Å².